The summed E-state index contributed by atoms with van der Waals surface area (Å²) in [5.41, 5.74) is 1.36. The number of benzene rings is 2. The van der Waals surface area contributed by atoms with Gasteiger partial charge in [0, 0.05) is 24.3 Å². The van der Waals surface area contributed by atoms with Crippen LogP contribution in [0.15, 0.2) is 48.5 Å². The van der Waals surface area contributed by atoms with E-state index in [0.29, 0.717) is 10.7 Å². The molecule has 2 N–H and O–H groups in total. The summed E-state index contributed by atoms with van der Waals surface area (Å²) in [5, 5.41) is 12.4. The molecule has 2 amide bonds. The molecule has 0 spiro atoms. The van der Waals surface area contributed by atoms with Gasteiger partial charge >= 0.3 is 11.8 Å². The second kappa shape index (κ2) is 6.95. The average Bonchev–Trinajstić information content (AvgIpc) is 2.53. The van der Waals surface area contributed by atoms with Gasteiger partial charge in [-0.1, -0.05) is 23.7 Å². The third-order valence-corrected chi connectivity index (χ3v) is 3.35. The maximum atomic E-state index is 12.0. The number of rotatable bonds is 3. The van der Waals surface area contributed by atoms with Gasteiger partial charge in [-0.2, -0.15) is 0 Å². The smallest absolute Gasteiger partial charge is 0.316 e. The van der Waals surface area contributed by atoms with Crippen LogP contribution in [0.4, 0.5) is 5.69 Å². The average molecular weight is 319 g/mol. The van der Waals surface area contributed by atoms with Crippen molar-refractivity contribution in [3.05, 3.63) is 59.1 Å². The fourth-order valence-corrected chi connectivity index (χ4v) is 1.93. The van der Waals surface area contributed by atoms with E-state index in [1.165, 1.54) is 24.1 Å². The fraction of sp³-hybridized carbons (Fsp3) is 0.125. The molecule has 2 aromatic rings. The van der Waals surface area contributed by atoms with Crippen molar-refractivity contribution in [2.24, 2.45) is 0 Å². The van der Waals surface area contributed by atoms with Crippen LogP contribution in [0, 0.1) is 0 Å². The molecule has 2 aromatic carbocycles. The molecule has 0 aliphatic carbocycles. The molecule has 114 valence electrons. The van der Waals surface area contributed by atoms with E-state index in [4.69, 9.17) is 11.6 Å². The van der Waals surface area contributed by atoms with Crippen molar-refractivity contribution < 1.29 is 14.7 Å². The summed E-state index contributed by atoms with van der Waals surface area (Å²) >= 11 is 5.78. The molecular formula is C16H15ClN2O3. The molecule has 0 fully saturated rings. The lowest BCUT2D eigenvalue weighted by atomic mass is 10.2. The molecule has 0 saturated carbocycles. The highest BCUT2D eigenvalue weighted by molar-refractivity contribution is 6.40. The molecule has 0 saturated heterocycles. The SMILES string of the molecule is CN(C(=O)C(=O)NCc1ccc(Cl)cc1)c1ccc(O)cc1. The van der Waals surface area contributed by atoms with Gasteiger partial charge < -0.3 is 15.3 Å². The van der Waals surface area contributed by atoms with Crippen LogP contribution in [-0.2, 0) is 16.1 Å². The first-order valence-corrected chi connectivity index (χ1v) is 6.94. The zero-order valence-corrected chi connectivity index (χ0v) is 12.7. The van der Waals surface area contributed by atoms with Gasteiger partial charge in [0.2, 0.25) is 0 Å². The minimum atomic E-state index is -0.703. The highest BCUT2D eigenvalue weighted by atomic mass is 35.5. The molecule has 2 rings (SSSR count). The van der Waals surface area contributed by atoms with Gasteiger partial charge in [0.15, 0.2) is 0 Å². The van der Waals surface area contributed by atoms with Crippen LogP contribution in [-0.4, -0.2) is 24.0 Å². The Hall–Kier alpha value is -2.53. The predicted octanol–water partition coefficient (Wildman–Crippen LogP) is 2.32. The molecule has 0 aliphatic heterocycles. The Balaban J connectivity index is 1.95. The fourth-order valence-electron chi connectivity index (χ4n) is 1.81. The molecule has 0 heterocycles. The van der Waals surface area contributed by atoms with Gasteiger partial charge in [-0.15, -0.1) is 0 Å². The van der Waals surface area contributed by atoms with E-state index in [0.717, 1.165) is 5.56 Å². The van der Waals surface area contributed by atoms with Crippen LogP contribution in [0.3, 0.4) is 0 Å². The second-order valence-corrected chi connectivity index (χ2v) is 5.13. The number of carbonyl (C=O) groups is 2. The van der Waals surface area contributed by atoms with Crippen LogP contribution in [0.1, 0.15) is 5.56 Å². The van der Waals surface area contributed by atoms with E-state index in [-0.39, 0.29) is 12.3 Å². The van der Waals surface area contributed by atoms with Gasteiger partial charge in [0.25, 0.3) is 0 Å². The lowest BCUT2D eigenvalue weighted by molar-refractivity contribution is -0.137. The van der Waals surface area contributed by atoms with Crippen LogP contribution >= 0.6 is 11.6 Å². The number of aromatic hydroxyl groups is 1. The Morgan fingerprint density at radius 3 is 2.27 bits per heavy atom. The number of anilines is 1. The molecule has 0 radical (unpaired) electrons. The lowest BCUT2D eigenvalue weighted by Gasteiger charge is -2.16. The summed E-state index contributed by atoms with van der Waals surface area (Å²) in [7, 11) is 1.50. The number of hydrogen-bond donors (Lipinski definition) is 2. The maximum absolute atomic E-state index is 12.0. The number of amides is 2. The monoisotopic (exact) mass is 318 g/mol. The first-order chi connectivity index (χ1) is 10.5. The molecule has 0 aliphatic rings. The largest absolute Gasteiger partial charge is 0.508 e. The second-order valence-electron chi connectivity index (χ2n) is 4.69. The first kappa shape index (κ1) is 15.9. The highest BCUT2D eigenvalue weighted by Crippen LogP contribution is 2.17. The number of nitrogens with one attached hydrogen (secondary N) is 1. The van der Waals surface area contributed by atoms with Gasteiger partial charge in [0.1, 0.15) is 5.75 Å². The lowest BCUT2D eigenvalue weighted by Crippen LogP contribution is -2.40. The van der Waals surface area contributed by atoms with Crippen molar-refractivity contribution >= 4 is 29.1 Å². The van der Waals surface area contributed by atoms with Gasteiger partial charge in [-0.25, -0.2) is 0 Å². The number of phenolic OH excluding ortho intramolecular Hbond substituents is 1. The summed E-state index contributed by atoms with van der Waals surface area (Å²) in [4.78, 5) is 25.1. The summed E-state index contributed by atoms with van der Waals surface area (Å²) in [5.74, 6) is -1.29. The predicted molar refractivity (Wildman–Crippen MR) is 84.8 cm³/mol. The van der Waals surface area contributed by atoms with Crippen LogP contribution in [0.2, 0.25) is 5.02 Å². The quantitative estimate of drug-likeness (QED) is 0.853. The Bertz CT molecular complexity index is 669. The molecule has 6 heteroatoms. The summed E-state index contributed by atoms with van der Waals surface area (Å²) in [6.45, 7) is 0.241. The minimum Gasteiger partial charge on any atom is -0.508 e. The molecule has 0 atom stereocenters. The third-order valence-electron chi connectivity index (χ3n) is 3.10. The van der Waals surface area contributed by atoms with Crippen molar-refractivity contribution in [3.63, 3.8) is 0 Å². The number of halogens is 1. The normalized spacial score (nSPS) is 10.1. The first-order valence-electron chi connectivity index (χ1n) is 6.57. The topological polar surface area (TPSA) is 69.6 Å². The van der Waals surface area contributed by atoms with E-state index >= 15 is 0 Å². The number of phenols is 1. The summed E-state index contributed by atoms with van der Waals surface area (Å²) in [6.07, 6.45) is 0. The number of hydrogen-bond acceptors (Lipinski definition) is 3. The Morgan fingerprint density at radius 1 is 1.09 bits per heavy atom. The molecule has 5 nitrogen and oxygen atoms in total. The summed E-state index contributed by atoms with van der Waals surface area (Å²) in [6, 6.07) is 13.0. The third kappa shape index (κ3) is 3.99. The van der Waals surface area contributed by atoms with E-state index in [2.05, 4.69) is 5.32 Å². The van der Waals surface area contributed by atoms with Gasteiger partial charge in [0.05, 0.1) is 0 Å². The summed E-state index contributed by atoms with van der Waals surface area (Å²) < 4.78 is 0. The highest BCUT2D eigenvalue weighted by Gasteiger charge is 2.19. The zero-order chi connectivity index (χ0) is 16.1. The maximum Gasteiger partial charge on any atom is 0.316 e. The number of carbonyl (C=O) groups excluding carboxylic acids is 2. The van der Waals surface area contributed by atoms with Crippen LogP contribution in [0.5, 0.6) is 5.75 Å². The standard InChI is InChI=1S/C16H15ClN2O3/c1-19(13-6-8-14(20)9-7-13)16(22)15(21)18-10-11-2-4-12(17)5-3-11/h2-9,20H,10H2,1H3,(H,18,21). The van der Waals surface area contributed by atoms with Crippen molar-refractivity contribution in [1.29, 1.82) is 0 Å². The molecule has 0 bridgehead atoms. The Labute approximate surface area is 133 Å². The van der Waals surface area contributed by atoms with E-state index in [1.54, 1.807) is 36.4 Å². The molecule has 22 heavy (non-hydrogen) atoms. The van der Waals surface area contributed by atoms with Crippen LogP contribution < -0.4 is 10.2 Å². The Morgan fingerprint density at radius 2 is 1.68 bits per heavy atom. The van der Waals surface area contributed by atoms with Crippen molar-refractivity contribution in [2.75, 3.05) is 11.9 Å². The van der Waals surface area contributed by atoms with Gasteiger partial charge in [-0.05, 0) is 42.0 Å². The van der Waals surface area contributed by atoms with Crippen molar-refractivity contribution in [1.82, 2.24) is 5.32 Å². The Kier molecular flexibility index (Phi) is 5.01. The van der Waals surface area contributed by atoms with Crippen LogP contribution in [0.25, 0.3) is 0 Å². The minimum absolute atomic E-state index is 0.0942. The van der Waals surface area contributed by atoms with Gasteiger partial charge in [-0.3, -0.25) is 9.59 Å². The number of likely N-dealkylation sites (N-methyl/N-ethyl adjacent to an activating group) is 1. The van der Waals surface area contributed by atoms with Crippen molar-refractivity contribution in [2.45, 2.75) is 6.54 Å². The molecule has 0 unspecified atom stereocenters. The number of nitrogens with zero attached hydrogens (tertiary/aromatic N) is 1. The molecule has 0 aromatic heterocycles. The van der Waals surface area contributed by atoms with E-state index < -0.39 is 11.8 Å². The molecular weight excluding hydrogens is 304 g/mol. The van der Waals surface area contributed by atoms with E-state index in [1.807, 2.05) is 0 Å². The van der Waals surface area contributed by atoms with E-state index in [9.17, 15) is 14.7 Å². The zero-order valence-electron chi connectivity index (χ0n) is 11.9. The van der Waals surface area contributed by atoms with Crippen molar-refractivity contribution in [3.8, 4) is 5.75 Å².